The molecule has 2 aromatic carbocycles. The van der Waals surface area contributed by atoms with Gasteiger partial charge in [-0.05, 0) is 29.3 Å². The number of anilines is 1. The Morgan fingerprint density at radius 3 is 2.15 bits per heavy atom. The zero-order chi connectivity index (χ0) is 28.8. The van der Waals surface area contributed by atoms with E-state index in [1.54, 1.807) is 0 Å². The maximum atomic E-state index is 14.6. The number of aromatic nitrogens is 1. The molecule has 0 amide bonds. The zero-order valence-electron chi connectivity index (χ0n) is 19.7. The van der Waals surface area contributed by atoms with E-state index < -0.39 is 59.4 Å². The summed E-state index contributed by atoms with van der Waals surface area (Å²) in [6.45, 7) is 0. The Morgan fingerprint density at radius 1 is 0.949 bits per heavy atom. The number of methoxy groups -OCH3 is 1. The molecule has 1 aliphatic rings. The molecule has 0 radical (unpaired) electrons. The molecule has 4 rings (SSSR count). The molecule has 1 atom stereocenters. The van der Waals surface area contributed by atoms with Gasteiger partial charge in [-0.2, -0.15) is 31.4 Å². The SMILES string of the molecule is COC(=O)c1cncc(-c2ccc(C3CC(C(O)(C(F)(F)F)C(F)(F)F)=NN3c3ccc(F)cc3F)cc2)c1. The first-order valence-corrected chi connectivity index (χ1v) is 11.0. The maximum absolute atomic E-state index is 14.6. The number of carbonyl (C=O) groups is 1. The Morgan fingerprint density at radius 2 is 1.59 bits per heavy atom. The molecular weight excluding hydrogens is 542 g/mol. The van der Waals surface area contributed by atoms with Crippen LogP contribution in [0.25, 0.3) is 11.1 Å². The summed E-state index contributed by atoms with van der Waals surface area (Å²) >= 11 is 0. The van der Waals surface area contributed by atoms with Crippen LogP contribution in [0.5, 0.6) is 0 Å². The van der Waals surface area contributed by atoms with E-state index in [0.29, 0.717) is 22.2 Å². The molecule has 1 N–H and O–H groups in total. The van der Waals surface area contributed by atoms with Crippen LogP contribution >= 0.6 is 0 Å². The molecule has 0 bridgehead atoms. The number of carbonyl (C=O) groups excluding carboxylic acids is 1. The summed E-state index contributed by atoms with van der Waals surface area (Å²) in [4.78, 5) is 15.7. The van der Waals surface area contributed by atoms with E-state index in [-0.39, 0.29) is 11.1 Å². The van der Waals surface area contributed by atoms with Crippen LogP contribution in [-0.2, 0) is 4.74 Å². The first-order valence-electron chi connectivity index (χ1n) is 11.0. The van der Waals surface area contributed by atoms with Gasteiger partial charge in [0.1, 0.15) is 5.82 Å². The third-order valence-electron chi connectivity index (χ3n) is 6.09. The lowest BCUT2D eigenvalue weighted by molar-refractivity contribution is -0.338. The number of ether oxygens (including phenoxy) is 1. The van der Waals surface area contributed by atoms with Crippen molar-refractivity contribution in [1.29, 1.82) is 0 Å². The van der Waals surface area contributed by atoms with E-state index >= 15 is 0 Å². The molecule has 1 unspecified atom stereocenters. The molecule has 39 heavy (non-hydrogen) atoms. The van der Waals surface area contributed by atoms with Crippen LogP contribution in [0.4, 0.5) is 40.8 Å². The Bertz CT molecular complexity index is 1410. The van der Waals surface area contributed by atoms with Gasteiger partial charge in [0.05, 0.1) is 30.1 Å². The number of benzene rings is 2. The Labute approximate surface area is 215 Å². The molecular formula is C25H17F8N3O3. The summed E-state index contributed by atoms with van der Waals surface area (Å²) in [6, 6.07) is 7.56. The third-order valence-corrected chi connectivity index (χ3v) is 6.09. The van der Waals surface area contributed by atoms with E-state index in [4.69, 9.17) is 0 Å². The van der Waals surface area contributed by atoms with E-state index in [0.717, 1.165) is 12.1 Å². The Kier molecular flexibility index (Phi) is 7.10. The fourth-order valence-electron chi connectivity index (χ4n) is 4.09. The van der Waals surface area contributed by atoms with Crippen molar-refractivity contribution in [3.8, 4) is 11.1 Å². The number of alkyl halides is 6. The van der Waals surface area contributed by atoms with Gasteiger partial charge in [-0.3, -0.25) is 9.99 Å². The van der Waals surface area contributed by atoms with Crippen molar-refractivity contribution in [3.05, 3.63) is 83.7 Å². The molecule has 1 aliphatic heterocycles. The minimum Gasteiger partial charge on any atom is -0.465 e. The smallest absolute Gasteiger partial charge is 0.431 e. The van der Waals surface area contributed by atoms with Crippen LogP contribution in [0.2, 0.25) is 0 Å². The molecule has 0 aliphatic carbocycles. The largest absolute Gasteiger partial charge is 0.465 e. The predicted molar refractivity (Wildman–Crippen MR) is 122 cm³/mol. The lowest BCUT2D eigenvalue weighted by atomic mass is 9.89. The molecule has 1 aromatic heterocycles. The van der Waals surface area contributed by atoms with Crippen molar-refractivity contribution < 1.29 is 49.8 Å². The minimum atomic E-state index is -6.20. The molecule has 6 nitrogen and oxygen atoms in total. The van der Waals surface area contributed by atoms with E-state index in [1.807, 2.05) is 0 Å². The molecule has 14 heteroatoms. The fraction of sp³-hybridized carbons (Fsp3) is 0.240. The van der Waals surface area contributed by atoms with Gasteiger partial charge in [-0.1, -0.05) is 24.3 Å². The molecule has 206 valence electrons. The number of rotatable bonds is 5. The van der Waals surface area contributed by atoms with Gasteiger partial charge in [0.25, 0.3) is 5.60 Å². The van der Waals surface area contributed by atoms with Crippen LogP contribution in [-0.4, -0.2) is 46.8 Å². The van der Waals surface area contributed by atoms with Crippen LogP contribution in [0.15, 0.2) is 66.0 Å². The number of hydrogen-bond acceptors (Lipinski definition) is 6. The standard InChI is InChI=1S/C25H17F8N3O3/c1-39-22(37)16-8-15(11-34-12-16)13-2-4-14(5-3-13)20-10-21(23(38,24(28,29)30)25(31,32)33)35-36(20)19-7-6-17(26)9-18(19)27/h2-9,11-12,20,38H,10H2,1H3. The van der Waals surface area contributed by atoms with Crippen molar-refractivity contribution in [2.75, 3.05) is 12.1 Å². The first-order chi connectivity index (χ1) is 18.2. The topological polar surface area (TPSA) is 75.0 Å². The average molecular weight is 559 g/mol. The molecule has 0 fully saturated rings. The van der Waals surface area contributed by atoms with Crippen LogP contribution in [0, 0.1) is 11.6 Å². The number of hydrazone groups is 1. The van der Waals surface area contributed by atoms with Crippen molar-refractivity contribution in [3.63, 3.8) is 0 Å². The number of halogens is 8. The second-order valence-electron chi connectivity index (χ2n) is 8.49. The number of esters is 1. The molecule has 0 saturated carbocycles. The van der Waals surface area contributed by atoms with Gasteiger partial charge < -0.3 is 9.84 Å². The fourth-order valence-corrected chi connectivity index (χ4v) is 4.09. The highest BCUT2D eigenvalue weighted by Crippen LogP contribution is 2.49. The average Bonchev–Trinajstić information content (AvgIpc) is 3.31. The van der Waals surface area contributed by atoms with Crippen molar-refractivity contribution >= 4 is 17.4 Å². The van der Waals surface area contributed by atoms with Gasteiger partial charge in [-0.25, -0.2) is 13.6 Å². The van der Waals surface area contributed by atoms with Crippen LogP contribution < -0.4 is 5.01 Å². The van der Waals surface area contributed by atoms with E-state index in [9.17, 15) is 45.0 Å². The van der Waals surface area contributed by atoms with E-state index in [2.05, 4.69) is 14.8 Å². The molecule has 0 saturated heterocycles. The van der Waals surface area contributed by atoms with Gasteiger partial charge in [-0.15, -0.1) is 0 Å². The van der Waals surface area contributed by atoms with Crippen molar-refractivity contribution in [1.82, 2.24) is 4.98 Å². The third kappa shape index (κ3) is 5.03. The molecule has 3 aromatic rings. The maximum Gasteiger partial charge on any atom is 0.431 e. The lowest BCUT2D eigenvalue weighted by Gasteiger charge is -2.32. The van der Waals surface area contributed by atoms with Crippen molar-refractivity contribution in [2.24, 2.45) is 5.10 Å². The summed E-state index contributed by atoms with van der Waals surface area (Å²) in [7, 11) is 1.18. The van der Waals surface area contributed by atoms with Gasteiger partial charge in [0.2, 0.25) is 0 Å². The Hall–Kier alpha value is -4.07. The quantitative estimate of drug-likeness (QED) is 0.308. The summed E-state index contributed by atoms with van der Waals surface area (Å²) in [5.41, 5.74) is -6.49. The monoisotopic (exact) mass is 559 g/mol. The summed E-state index contributed by atoms with van der Waals surface area (Å²) in [6.07, 6.45) is -10.8. The highest BCUT2D eigenvalue weighted by atomic mass is 19.4. The normalized spacial score (nSPS) is 16.3. The number of aliphatic hydroxyl groups is 1. The molecule has 2 heterocycles. The predicted octanol–water partition coefficient (Wildman–Crippen LogP) is 5.98. The number of pyridine rings is 1. The second kappa shape index (κ2) is 9.91. The second-order valence-corrected chi connectivity index (χ2v) is 8.49. The summed E-state index contributed by atoms with van der Waals surface area (Å²) in [5, 5.41) is 13.8. The Balaban J connectivity index is 1.78. The summed E-state index contributed by atoms with van der Waals surface area (Å²) in [5.74, 6) is -2.99. The van der Waals surface area contributed by atoms with Gasteiger partial charge >= 0.3 is 18.3 Å². The van der Waals surface area contributed by atoms with Crippen LogP contribution in [0.1, 0.15) is 28.4 Å². The highest BCUT2D eigenvalue weighted by Gasteiger charge is 2.74. The first kappa shape index (κ1) is 28.0. The van der Waals surface area contributed by atoms with Gasteiger partial charge in [0.15, 0.2) is 5.82 Å². The number of hydrogen-bond donors (Lipinski definition) is 1. The van der Waals surface area contributed by atoms with E-state index in [1.165, 1.54) is 49.8 Å². The molecule has 0 spiro atoms. The highest BCUT2D eigenvalue weighted by molar-refractivity contribution is 5.97. The summed E-state index contributed by atoms with van der Waals surface area (Å²) < 4.78 is 114. The zero-order valence-corrected chi connectivity index (χ0v) is 19.7. The number of nitrogens with zero attached hydrogens (tertiary/aromatic N) is 3. The van der Waals surface area contributed by atoms with Crippen LogP contribution in [0.3, 0.4) is 0 Å². The lowest BCUT2D eigenvalue weighted by Crippen LogP contribution is -2.62. The van der Waals surface area contributed by atoms with Gasteiger partial charge in [0, 0.05) is 30.4 Å². The minimum absolute atomic E-state index is 0.102. The van der Waals surface area contributed by atoms with Crippen molar-refractivity contribution in [2.45, 2.75) is 30.4 Å².